The van der Waals surface area contributed by atoms with Crippen LogP contribution in [-0.2, 0) is 24.3 Å². The predicted molar refractivity (Wildman–Crippen MR) is 119 cm³/mol. The lowest BCUT2D eigenvalue weighted by Gasteiger charge is -2.31. The number of hydrogen-bond acceptors (Lipinski definition) is 10. The lowest BCUT2D eigenvalue weighted by molar-refractivity contribution is -0.113. The minimum absolute atomic E-state index is 0.0420. The van der Waals surface area contributed by atoms with Gasteiger partial charge in [0.05, 0.1) is 48.5 Å². The Balaban J connectivity index is 1.56. The number of anilines is 3. The van der Waals surface area contributed by atoms with Gasteiger partial charge in [0, 0.05) is 26.2 Å². The molecule has 2 aliphatic heterocycles. The minimum atomic E-state index is -3.70. The summed E-state index contributed by atoms with van der Waals surface area (Å²) in [4.78, 5) is 18.8. The first-order valence-corrected chi connectivity index (χ1v) is 12.5. The van der Waals surface area contributed by atoms with Crippen molar-refractivity contribution in [3.05, 3.63) is 18.2 Å². The molecule has 1 amide bonds. The van der Waals surface area contributed by atoms with E-state index in [1.165, 1.54) is 10.4 Å². The number of benzene rings is 1. The highest BCUT2D eigenvalue weighted by atomic mass is 32.2. The molecular formula is C18H25N7O5S2. The number of nitrogens with zero attached hydrogens (tertiary/aromatic N) is 4. The van der Waals surface area contributed by atoms with Gasteiger partial charge in [0.25, 0.3) is 0 Å². The summed E-state index contributed by atoms with van der Waals surface area (Å²) in [5.74, 6) is -0.0994. The maximum Gasteiger partial charge on any atom is 0.243 e. The summed E-state index contributed by atoms with van der Waals surface area (Å²) < 4.78 is 38.3. The molecule has 174 valence electrons. The van der Waals surface area contributed by atoms with Crippen LogP contribution in [0.5, 0.6) is 0 Å². The fourth-order valence-corrected chi connectivity index (χ4v) is 5.47. The molecule has 2 aromatic rings. The normalized spacial score (nSPS) is 17.9. The van der Waals surface area contributed by atoms with Crippen molar-refractivity contribution in [2.75, 3.05) is 74.3 Å². The standard InChI is InChI=1S/C18H25N7O5S2/c19-17-21-18(23-22-17)31-12-16(26)20-14-11-13(32(27,28)25-5-9-30-10-6-25)1-2-15(14)24-3-7-29-8-4-24/h1-2,11H,3-10,12H2,(H,20,26)(H3,19,21,22,23). The molecule has 0 spiro atoms. The number of sulfonamides is 1. The van der Waals surface area contributed by atoms with Crippen molar-refractivity contribution < 1.29 is 22.7 Å². The van der Waals surface area contributed by atoms with Crippen molar-refractivity contribution >= 4 is 45.0 Å². The van der Waals surface area contributed by atoms with E-state index in [-0.39, 0.29) is 22.5 Å². The number of aromatic nitrogens is 3. The van der Waals surface area contributed by atoms with E-state index in [4.69, 9.17) is 15.2 Å². The fraction of sp³-hybridized carbons (Fsp3) is 0.500. The molecular weight excluding hydrogens is 458 g/mol. The first-order valence-electron chi connectivity index (χ1n) is 10.1. The molecule has 0 radical (unpaired) electrons. The Morgan fingerprint density at radius 2 is 1.84 bits per heavy atom. The van der Waals surface area contributed by atoms with Crippen LogP contribution in [0.3, 0.4) is 0 Å². The molecule has 32 heavy (non-hydrogen) atoms. The van der Waals surface area contributed by atoms with E-state index < -0.39 is 10.0 Å². The van der Waals surface area contributed by atoms with Crippen LogP contribution in [0, 0.1) is 0 Å². The second-order valence-corrected chi connectivity index (χ2v) is 10.0. The molecule has 0 aliphatic carbocycles. The second kappa shape index (κ2) is 10.0. The maximum absolute atomic E-state index is 13.1. The summed E-state index contributed by atoms with van der Waals surface area (Å²) >= 11 is 1.12. The lowest BCUT2D eigenvalue weighted by atomic mass is 10.2. The van der Waals surface area contributed by atoms with Gasteiger partial charge in [-0.15, -0.1) is 5.10 Å². The number of aromatic amines is 1. The van der Waals surface area contributed by atoms with Crippen molar-refractivity contribution in [3.63, 3.8) is 0 Å². The zero-order valence-corrected chi connectivity index (χ0v) is 19.0. The minimum Gasteiger partial charge on any atom is -0.379 e. The molecule has 14 heteroatoms. The van der Waals surface area contributed by atoms with Crippen molar-refractivity contribution in [1.29, 1.82) is 0 Å². The third kappa shape index (κ3) is 5.32. The van der Waals surface area contributed by atoms with Gasteiger partial charge in [0.2, 0.25) is 27.0 Å². The molecule has 4 rings (SSSR count). The van der Waals surface area contributed by atoms with Crippen LogP contribution in [0.15, 0.2) is 28.3 Å². The highest BCUT2D eigenvalue weighted by Gasteiger charge is 2.28. The summed E-state index contributed by atoms with van der Waals surface area (Å²) in [5.41, 5.74) is 6.68. The molecule has 2 saturated heterocycles. The summed E-state index contributed by atoms with van der Waals surface area (Å²) in [7, 11) is -3.70. The molecule has 0 unspecified atom stereocenters. The van der Waals surface area contributed by atoms with Crippen LogP contribution in [0.1, 0.15) is 0 Å². The monoisotopic (exact) mass is 483 g/mol. The Hall–Kier alpha value is -2.39. The summed E-state index contributed by atoms with van der Waals surface area (Å²) in [6, 6.07) is 4.83. The van der Waals surface area contributed by atoms with E-state index in [2.05, 4.69) is 25.4 Å². The molecule has 3 heterocycles. The smallest absolute Gasteiger partial charge is 0.243 e. The zero-order chi connectivity index (χ0) is 22.6. The van der Waals surface area contributed by atoms with E-state index in [1.807, 2.05) is 0 Å². The van der Waals surface area contributed by atoms with E-state index in [1.54, 1.807) is 12.1 Å². The molecule has 0 atom stereocenters. The van der Waals surface area contributed by atoms with Gasteiger partial charge in [-0.05, 0) is 18.2 Å². The lowest BCUT2D eigenvalue weighted by Crippen LogP contribution is -2.40. The average molecular weight is 484 g/mol. The largest absolute Gasteiger partial charge is 0.379 e. The maximum atomic E-state index is 13.1. The van der Waals surface area contributed by atoms with Crippen LogP contribution in [0.4, 0.5) is 17.3 Å². The van der Waals surface area contributed by atoms with Crippen molar-refractivity contribution in [2.45, 2.75) is 10.1 Å². The van der Waals surface area contributed by atoms with E-state index in [0.29, 0.717) is 63.5 Å². The first kappa shape index (κ1) is 22.8. The molecule has 2 fully saturated rings. The zero-order valence-electron chi connectivity index (χ0n) is 17.3. The number of amides is 1. The van der Waals surface area contributed by atoms with E-state index >= 15 is 0 Å². The number of H-pyrrole nitrogens is 1. The van der Waals surface area contributed by atoms with Gasteiger partial charge in [-0.1, -0.05) is 11.8 Å². The Bertz CT molecular complexity index is 1050. The number of nitrogens with one attached hydrogen (secondary N) is 2. The van der Waals surface area contributed by atoms with Crippen LogP contribution in [-0.4, -0.2) is 92.2 Å². The van der Waals surface area contributed by atoms with Crippen LogP contribution in [0.25, 0.3) is 0 Å². The quantitative estimate of drug-likeness (QED) is 0.457. The molecule has 0 saturated carbocycles. The molecule has 2 aliphatic rings. The topological polar surface area (TPSA) is 156 Å². The Labute approximate surface area is 189 Å². The molecule has 4 N–H and O–H groups in total. The highest BCUT2D eigenvalue weighted by Crippen LogP contribution is 2.31. The van der Waals surface area contributed by atoms with Gasteiger partial charge in [-0.2, -0.15) is 9.29 Å². The van der Waals surface area contributed by atoms with Crippen molar-refractivity contribution in [2.24, 2.45) is 0 Å². The summed E-state index contributed by atoms with van der Waals surface area (Å²) in [5, 5.41) is 9.61. The van der Waals surface area contributed by atoms with Gasteiger partial charge in [-0.25, -0.2) is 13.5 Å². The van der Waals surface area contributed by atoms with Gasteiger partial charge >= 0.3 is 0 Å². The number of carbonyl (C=O) groups is 1. The summed E-state index contributed by atoms with van der Waals surface area (Å²) in [6.07, 6.45) is 0. The number of nitrogen functional groups attached to an aromatic ring is 1. The Morgan fingerprint density at radius 1 is 1.16 bits per heavy atom. The Morgan fingerprint density at radius 3 is 2.50 bits per heavy atom. The predicted octanol–water partition coefficient (Wildman–Crippen LogP) is -0.0248. The van der Waals surface area contributed by atoms with Crippen LogP contribution >= 0.6 is 11.8 Å². The van der Waals surface area contributed by atoms with Gasteiger partial charge in [0.1, 0.15) is 0 Å². The van der Waals surface area contributed by atoms with Crippen LogP contribution in [0.2, 0.25) is 0 Å². The summed E-state index contributed by atoms with van der Waals surface area (Å²) in [6.45, 7) is 3.71. The van der Waals surface area contributed by atoms with E-state index in [0.717, 1.165) is 17.4 Å². The average Bonchev–Trinajstić information content (AvgIpc) is 3.24. The molecule has 12 nitrogen and oxygen atoms in total. The number of morpholine rings is 2. The fourth-order valence-electron chi connectivity index (χ4n) is 3.43. The van der Waals surface area contributed by atoms with Crippen molar-refractivity contribution in [1.82, 2.24) is 19.5 Å². The third-order valence-electron chi connectivity index (χ3n) is 5.02. The van der Waals surface area contributed by atoms with Gasteiger partial charge in [-0.3, -0.25) is 4.79 Å². The molecule has 1 aromatic carbocycles. The number of carbonyl (C=O) groups excluding carboxylic acids is 1. The number of ether oxygens (including phenoxy) is 2. The Kier molecular flexibility index (Phi) is 7.15. The molecule has 1 aromatic heterocycles. The first-order chi connectivity index (χ1) is 15.4. The number of thioether (sulfide) groups is 1. The third-order valence-corrected chi connectivity index (χ3v) is 7.76. The number of rotatable bonds is 7. The van der Waals surface area contributed by atoms with Gasteiger partial charge < -0.3 is 25.4 Å². The van der Waals surface area contributed by atoms with Crippen LogP contribution < -0.4 is 16.0 Å². The van der Waals surface area contributed by atoms with Gasteiger partial charge in [0.15, 0.2) is 0 Å². The number of nitrogens with two attached hydrogens (primary N) is 1. The second-order valence-electron chi connectivity index (χ2n) is 7.13. The molecule has 0 bridgehead atoms. The van der Waals surface area contributed by atoms with E-state index in [9.17, 15) is 13.2 Å². The van der Waals surface area contributed by atoms with Crippen molar-refractivity contribution in [3.8, 4) is 0 Å². The number of hydrogen-bond donors (Lipinski definition) is 3. The highest BCUT2D eigenvalue weighted by molar-refractivity contribution is 7.99. The SMILES string of the molecule is Nc1nc(SCC(=O)Nc2cc(S(=O)(=O)N3CCOCC3)ccc2N2CCOCC2)n[nH]1.